The molecule has 1 amide bonds. The summed E-state index contributed by atoms with van der Waals surface area (Å²) in [6.45, 7) is 6.55. The lowest BCUT2D eigenvalue weighted by atomic mass is 10.1. The lowest BCUT2D eigenvalue weighted by molar-refractivity contribution is 0.0944. The number of benzene rings is 1. The van der Waals surface area contributed by atoms with Gasteiger partial charge in [0.2, 0.25) is 0 Å². The van der Waals surface area contributed by atoms with Crippen LogP contribution in [-0.4, -0.2) is 18.0 Å². The third kappa shape index (κ3) is 5.15. The first-order chi connectivity index (χ1) is 14.0. The lowest BCUT2D eigenvalue weighted by Crippen LogP contribution is -2.25. The van der Waals surface area contributed by atoms with E-state index in [1.165, 1.54) is 10.4 Å². The minimum absolute atomic E-state index is 0.0534. The average molecular weight is 411 g/mol. The fourth-order valence-electron chi connectivity index (χ4n) is 3.05. The molecule has 0 aliphatic rings. The van der Waals surface area contributed by atoms with Crippen molar-refractivity contribution in [1.82, 2.24) is 10.3 Å². The quantitative estimate of drug-likeness (QED) is 0.562. The van der Waals surface area contributed by atoms with E-state index in [1.54, 1.807) is 30.8 Å². The molecule has 0 saturated carbocycles. The van der Waals surface area contributed by atoms with Crippen LogP contribution in [0.5, 0.6) is 11.5 Å². The maximum Gasteiger partial charge on any atom is 0.261 e. The molecule has 6 heteroatoms. The third-order valence-electron chi connectivity index (χ3n) is 4.74. The highest BCUT2D eigenvalue weighted by atomic mass is 32.1. The molecule has 152 valence electrons. The number of amides is 1. The molecule has 0 bridgehead atoms. The minimum atomic E-state index is -0.155. The Kier molecular flexibility index (Phi) is 6.88. The molecule has 2 aromatic heterocycles. The van der Waals surface area contributed by atoms with E-state index in [9.17, 15) is 4.79 Å². The molecule has 0 saturated heterocycles. The van der Waals surface area contributed by atoms with Gasteiger partial charge in [0.15, 0.2) is 11.5 Å². The van der Waals surface area contributed by atoms with Crippen molar-refractivity contribution in [3.05, 3.63) is 75.2 Å². The second kappa shape index (κ2) is 9.56. The van der Waals surface area contributed by atoms with Gasteiger partial charge in [-0.2, -0.15) is 0 Å². The van der Waals surface area contributed by atoms with Crippen LogP contribution in [0.1, 0.15) is 51.1 Å². The normalized spacial score (nSPS) is 11.7. The van der Waals surface area contributed by atoms with E-state index < -0.39 is 0 Å². The summed E-state index contributed by atoms with van der Waals surface area (Å²) in [6, 6.07) is 11.4. The second-order valence-corrected chi connectivity index (χ2v) is 7.96. The van der Waals surface area contributed by atoms with Gasteiger partial charge in [-0.3, -0.25) is 9.78 Å². The molecule has 3 rings (SSSR count). The number of thiophene rings is 1. The van der Waals surface area contributed by atoms with Gasteiger partial charge < -0.3 is 14.8 Å². The number of ether oxygens (including phenoxy) is 2. The number of pyridine rings is 1. The zero-order valence-electron chi connectivity index (χ0n) is 17.2. The molecule has 1 aromatic carbocycles. The fraction of sp³-hybridized carbons (Fsp3) is 0.304. The van der Waals surface area contributed by atoms with Crippen molar-refractivity contribution in [3.8, 4) is 11.5 Å². The van der Waals surface area contributed by atoms with E-state index in [4.69, 9.17) is 9.47 Å². The summed E-state index contributed by atoms with van der Waals surface area (Å²) in [5.74, 6) is 1.24. The standard InChI is InChI=1S/C23H26N2O3S/c1-5-21-15(2)12-22(29-21)23(26)25-16(3)18-6-7-19(20(13-18)27-4)28-14-17-8-10-24-11-9-17/h6-13,16H,5,14H2,1-4H3,(H,25,26). The number of hydrogen-bond donors (Lipinski definition) is 1. The van der Waals surface area contributed by atoms with Crippen LogP contribution in [0, 0.1) is 6.92 Å². The number of aryl methyl sites for hydroxylation is 2. The monoisotopic (exact) mass is 410 g/mol. The van der Waals surface area contributed by atoms with E-state index >= 15 is 0 Å². The van der Waals surface area contributed by atoms with Gasteiger partial charge in [0.1, 0.15) is 6.61 Å². The SMILES string of the molecule is CCc1sc(C(=O)NC(C)c2ccc(OCc3ccncc3)c(OC)c2)cc1C. The van der Waals surface area contributed by atoms with Crippen LogP contribution in [0.3, 0.4) is 0 Å². The predicted molar refractivity (Wildman–Crippen MR) is 116 cm³/mol. The van der Waals surface area contributed by atoms with Gasteiger partial charge in [0.25, 0.3) is 5.91 Å². The molecule has 0 aliphatic heterocycles. The topological polar surface area (TPSA) is 60.5 Å². The number of carbonyl (C=O) groups excluding carboxylic acids is 1. The highest BCUT2D eigenvalue weighted by Crippen LogP contribution is 2.31. The van der Waals surface area contributed by atoms with Gasteiger partial charge >= 0.3 is 0 Å². The molecule has 0 spiro atoms. The van der Waals surface area contributed by atoms with Crippen LogP contribution in [-0.2, 0) is 13.0 Å². The Labute approximate surface area is 175 Å². The summed E-state index contributed by atoms with van der Waals surface area (Å²) in [5.41, 5.74) is 3.16. The first-order valence-corrected chi connectivity index (χ1v) is 10.4. The van der Waals surface area contributed by atoms with Crippen LogP contribution in [0.15, 0.2) is 48.8 Å². The van der Waals surface area contributed by atoms with Crippen molar-refractivity contribution in [2.75, 3.05) is 7.11 Å². The second-order valence-electron chi connectivity index (χ2n) is 6.82. The Morgan fingerprint density at radius 1 is 1.17 bits per heavy atom. The highest BCUT2D eigenvalue weighted by Gasteiger charge is 2.16. The molecule has 0 radical (unpaired) electrons. The Morgan fingerprint density at radius 3 is 2.59 bits per heavy atom. The molecule has 5 nitrogen and oxygen atoms in total. The Balaban J connectivity index is 1.68. The van der Waals surface area contributed by atoms with Gasteiger partial charge in [-0.15, -0.1) is 11.3 Å². The van der Waals surface area contributed by atoms with E-state index in [0.717, 1.165) is 22.4 Å². The third-order valence-corrected chi connectivity index (χ3v) is 6.12. The van der Waals surface area contributed by atoms with Gasteiger partial charge in [-0.05, 0) is 67.3 Å². The minimum Gasteiger partial charge on any atom is -0.493 e. The van der Waals surface area contributed by atoms with E-state index in [0.29, 0.717) is 18.1 Å². The van der Waals surface area contributed by atoms with Gasteiger partial charge in [0, 0.05) is 17.3 Å². The number of carbonyl (C=O) groups is 1. The van der Waals surface area contributed by atoms with Crippen molar-refractivity contribution in [1.29, 1.82) is 0 Å². The van der Waals surface area contributed by atoms with Crippen molar-refractivity contribution in [2.24, 2.45) is 0 Å². The van der Waals surface area contributed by atoms with Crippen LogP contribution in [0.25, 0.3) is 0 Å². The number of hydrogen-bond acceptors (Lipinski definition) is 5. The summed E-state index contributed by atoms with van der Waals surface area (Å²) in [6.07, 6.45) is 4.42. The molecule has 1 atom stereocenters. The largest absolute Gasteiger partial charge is 0.493 e. The summed E-state index contributed by atoms with van der Waals surface area (Å²) < 4.78 is 11.4. The maximum atomic E-state index is 12.6. The summed E-state index contributed by atoms with van der Waals surface area (Å²) in [7, 11) is 1.61. The van der Waals surface area contributed by atoms with Crippen LogP contribution in [0.4, 0.5) is 0 Å². The van der Waals surface area contributed by atoms with Crippen molar-refractivity contribution in [2.45, 2.75) is 39.8 Å². The Bertz CT molecular complexity index is 970. The average Bonchev–Trinajstić information content (AvgIpc) is 3.13. The molecule has 0 fully saturated rings. The molecule has 29 heavy (non-hydrogen) atoms. The molecular weight excluding hydrogens is 384 g/mol. The number of nitrogens with zero attached hydrogens (tertiary/aromatic N) is 1. The molecule has 1 unspecified atom stereocenters. The van der Waals surface area contributed by atoms with E-state index in [-0.39, 0.29) is 11.9 Å². The van der Waals surface area contributed by atoms with Crippen molar-refractivity contribution < 1.29 is 14.3 Å². The number of rotatable bonds is 8. The van der Waals surface area contributed by atoms with Crippen molar-refractivity contribution >= 4 is 17.2 Å². The number of nitrogens with one attached hydrogen (secondary N) is 1. The molecule has 2 heterocycles. The summed E-state index contributed by atoms with van der Waals surface area (Å²) in [4.78, 5) is 18.6. The highest BCUT2D eigenvalue weighted by molar-refractivity contribution is 7.14. The van der Waals surface area contributed by atoms with E-state index in [1.807, 2.05) is 50.2 Å². The van der Waals surface area contributed by atoms with Crippen LogP contribution in [0.2, 0.25) is 0 Å². The molecule has 1 N–H and O–H groups in total. The van der Waals surface area contributed by atoms with Crippen LogP contribution >= 0.6 is 11.3 Å². The lowest BCUT2D eigenvalue weighted by Gasteiger charge is -2.17. The smallest absolute Gasteiger partial charge is 0.261 e. The zero-order valence-corrected chi connectivity index (χ0v) is 18.0. The first-order valence-electron chi connectivity index (χ1n) is 9.61. The Morgan fingerprint density at radius 2 is 1.93 bits per heavy atom. The summed E-state index contributed by atoms with van der Waals surface area (Å²) >= 11 is 1.56. The maximum absolute atomic E-state index is 12.6. The first kappa shape index (κ1) is 20.9. The van der Waals surface area contributed by atoms with Gasteiger partial charge in [0.05, 0.1) is 18.0 Å². The zero-order chi connectivity index (χ0) is 20.8. The van der Waals surface area contributed by atoms with E-state index in [2.05, 4.69) is 17.2 Å². The predicted octanol–water partition coefficient (Wildman–Crippen LogP) is 5.09. The van der Waals surface area contributed by atoms with Gasteiger partial charge in [-0.25, -0.2) is 0 Å². The summed E-state index contributed by atoms with van der Waals surface area (Å²) in [5, 5.41) is 3.07. The number of methoxy groups -OCH3 is 1. The number of aromatic nitrogens is 1. The molecule has 0 aliphatic carbocycles. The van der Waals surface area contributed by atoms with Crippen molar-refractivity contribution in [3.63, 3.8) is 0 Å². The molecular formula is C23H26N2O3S. The van der Waals surface area contributed by atoms with Crippen LogP contribution < -0.4 is 14.8 Å². The Hall–Kier alpha value is -2.86. The fourth-order valence-corrected chi connectivity index (χ4v) is 4.06. The van der Waals surface area contributed by atoms with Gasteiger partial charge in [-0.1, -0.05) is 13.0 Å². The molecule has 3 aromatic rings.